The second kappa shape index (κ2) is 17.3. The Morgan fingerprint density at radius 2 is 1.08 bits per heavy atom. The Balaban J connectivity index is 0.653. The van der Waals surface area contributed by atoms with Gasteiger partial charge in [-0.05, 0) is 147 Å². The van der Waals surface area contributed by atoms with Gasteiger partial charge < -0.3 is 20.1 Å². The predicted octanol–water partition coefficient (Wildman–Crippen LogP) is 9.32. The molecule has 0 aromatic heterocycles. The van der Waals surface area contributed by atoms with Crippen LogP contribution in [-0.4, -0.2) is 49.9 Å². The van der Waals surface area contributed by atoms with Crippen molar-refractivity contribution in [2.75, 3.05) is 33.0 Å². The molecule has 0 amide bonds. The molecule has 0 aromatic carbocycles. The van der Waals surface area contributed by atoms with Crippen molar-refractivity contribution in [3.05, 3.63) is 0 Å². The van der Waals surface area contributed by atoms with Crippen molar-refractivity contribution in [2.24, 2.45) is 88.6 Å². The number of esters is 1. The summed E-state index contributed by atoms with van der Waals surface area (Å²) in [5, 5.41) is 0. The van der Waals surface area contributed by atoms with Crippen molar-refractivity contribution in [3.63, 3.8) is 0 Å². The molecule has 8 nitrogen and oxygen atoms in total. The summed E-state index contributed by atoms with van der Waals surface area (Å²) >= 11 is 0. The maximum absolute atomic E-state index is 12.6. The molecule has 16 atom stereocenters. The number of carbonyl (C=O) groups is 1. The highest BCUT2D eigenvalue weighted by molar-refractivity contribution is 7.47. The lowest BCUT2D eigenvalue weighted by Gasteiger charge is -2.74. The van der Waals surface area contributed by atoms with Gasteiger partial charge in [0.25, 0.3) is 0 Å². The Kier molecular flexibility index (Phi) is 12.8. The fraction of sp³-hybridized carbons (Fsp3) is 0.977. The topological polar surface area (TPSA) is 117 Å². The minimum atomic E-state index is -4.24. The zero-order valence-electron chi connectivity index (χ0n) is 32.2. The molecule has 9 heteroatoms. The standard InChI is InChI=1S/C43H72NO7P/c44-21-23-50-52(46,47)51-27-30(26-49-39(45)12-8-5-7-11-29-14-16-36-38(25-29)43-34-20-18-32(34)41(36)43)48-22-9-4-2-1-3-6-10-28-13-15-35-37(24-28)42-33-19-17-31(33)40(35)42/h28-38,40-43H,1-27,44H2,(H,46,47)/t28?,29?,30-,31?,32?,33?,34?,35?,36?,37?,38?,40?,41?,42?,43?/m1/s1. The summed E-state index contributed by atoms with van der Waals surface area (Å²) in [6.07, 6.45) is 27.9. The molecular weight excluding hydrogens is 673 g/mol. The maximum Gasteiger partial charge on any atom is 0.472 e. The second-order valence-corrected chi connectivity index (χ2v) is 20.7. The summed E-state index contributed by atoms with van der Waals surface area (Å²) in [5.74, 6) is 15.1. The third-order valence-electron chi connectivity index (χ3n) is 16.8. The first kappa shape index (κ1) is 38.4. The normalized spacial score (nSPS) is 41.9. The zero-order chi connectivity index (χ0) is 35.7. The number of phosphoric ester groups is 1. The number of rotatable bonds is 24. The van der Waals surface area contributed by atoms with Crippen LogP contribution in [-0.2, 0) is 27.9 Å². The molecule has 8 rings (SSSR count). The van der Waals surface area contributed by atoms with Crippen LogP contribution in [0.25, 0.3) is 0 Å². The predicted molar refractivity (Wildman–Crippen MR) is 202 cm³/mol. The molecule has 8 aliphatic rings. The molecule has 0 spiro atoms. The van der Waals surface area contributed by atoms with E-state index in [1.807, 2.05) is 0 Å². The van der Waals surface area contributed by atoms with Crippen LogP contribution in [0.4, 0.5) is 0 Å². The smallest absolute Gasteiger partial charge is 0.463 e. The summed E-state index contributed by atoms with van der Waals surface area (Å²) in [6, 6.07) is 0. The molecule has 0 aromatic rings. The highest BCUT2D eigenvalue weighted by Gasteiger charge is 2.69. The molecule has 8 fully saturated rings. The van der Waals surface area contributed by atoms with Gasteiger partial charge in [-0.2, -0.15) is 0 Å². The van der Waals surface area contributed by atoms with E-state index in [0.29, 0.717) is 13.0 Å². The van der Waals surface area contributed by atoms with Crippen LogP contribution in [0.15, 0.2) is 0 Å². The molecule has 0 radical (unpaired) electrons. The van der Waals surface area contributed by atoms with E-state index in [4.69, 9.17) is 24.3 Å². The molecule has 52 heavy (non-hydrogen) atoms. The summed E-state index contributed by atoms with van der Waals surface area (Å²) in [5.41, 5.74) is 5.41. The van der Waals surface area contributed by atoms with Crippen LogP contribution in [0.3, 0.4) is 0 Å². The van der Waals surface area contributed by atoms with Gasteiger partial charge in [0.2, 0.25) is 0 Å². The third kappa shape index (κ3) is 8.15. The average molecular weight is 746 g/mol. The SMILES string of the molecule is NCCOP(=O)(O)OC[C@@H](COC(=O)CCCCCC1CCC2C(C1)C1C3CCC3C21)OCCCCCCCCC1CCC2C(C1)C1C3CCC3C21. The van der Waals surface area contributed by atoms with Gasteiger partial charge in [0, 0.05) is 19.6 Å². The largest absolute Gasteiger partial charge is 0.472 e. The fourth-order valence-electron chi connectivity index (χ4n) is 14.1. The van der Waals surface area contributed by atoms with E-state index in [-0.39, 0.29) is 32.3 Å². The number of hydrogen-bond acceptors (Lipinski definition) is 7. The molecule has 0 aliphatic heterocycles. The molecular formula is C43H72NO7P. The van der Waals surface area contributed by atoms with Crippen molar-refractivity contribution in [1.29, 1.82) is 0 Å². The van der Waals surface area contributed by atoms with Gasteiger partial charge in [-0.3, -0.25) is 13.8 Å². The highest BCUT2D eigenvalue weighted by Crippen LogP contribution is 2.75. The second-order valence-electron chi connectivity index (χ2n) is 19.2. The lowest BCUT2D eigenvalue weighted by Crippen LogP contribution is -2.69. The molecule has 8 saturated carbocycles. The van der Waals surface area contributed by atoms with E-state index in [2.05, 4.69) is 0 Å². The fourth-order valence-corrected chi connectivity index (χ4v) is 14.9. The van der Waals surface area contributed by atoms with Crippen molar-refractivity contribution in [2.45, 2.75) is 147 Å². The summed E-state index contributed by atoms with van der Waals surface area (Å²) in [4.78, 5) is 22.6. The molecule has 3 N–H and O–H groups in total. The number of phosphoric acid groups is 1. The van der Waals surface area contributed by atoms with Gasteiger partial charge in [0.15, 0.2) is 0 Å². The van der Waals surface area contributed by atoms with Crippen molar-refractivity contribution >= 4 is 13.8 Å². The van der Waals surface area contributed by atoms with Crippen molar-refractivity contribution in [3.8, 4) is 0 Å². The lowest BCUT2D eigenvalue weighted by molar-refractivity contribution is -0.264. The first-order valence-corrected chi connectivity index (χ1v) is 24.0. The van der Waals surface area contributed by atoms with Crippen molar-refractivity contribution in [1.82, 2.24) is 0 Å². The number of nitrogens with two attached hydrogens (primary N) is 1. The lowest BCUT2D eigenvalue weighted by atomic mass is 9.30. The van der Waals surface area contributed by atoms with E-state index < -0.39 is 13.9 Å². The average Bonchev–Trinajstić information content (AvgIpc) is 3.12. The van der Waals surface area contributed by atoms with Crippen LogP contribution in [0.2, 0.25) is 0 Å². The summed E-state index contributed by atoms with van der Waals surface area (Å²) in [6.45, 7) is 0.392. The quantitative estimate of drug-likeness (QED) is 0.0571. The Bertz CT molecular complexity index is 1220. The molecule has 0 bridgehead atoms. The van der Waals surface area contributed by atoms with Crippen LogP contribution in [0.5, 0.6) is 0 Å². The van der Waals surface area contributed by atoms with E-state index in [0.717, 1.165) is 109 Å². The number of ether oxygens (including phenoxy) is 2. The Hall–Kier alpha value is -0.500. The van der Waals surface area contributed by atoms with E-state index in [1.54, 1.807) is 19.3 Å². The van der Waals surface area contributed by atoms with Gasteiger partial charge in [-0.1, -0.05) is 70.6 Å². The summed E-state index contributed by atoms with van der Waals surface area (Å²) < 4.78 is 33.9. The Morgan fingerprint density at radius 1 is 0.596 bits per heavy atom. The van der Waals surface area contributed by atoms with Crippen LogP contribution in [0, 0.1) is 82.9 Å². The Morgan fingerprint density at radius 3 is 1.63 bits per heavy atom. The molecule has 0 saturated heterocycles. The highest BCUT2D eigenvalue weighted by atomic mass is 31.2. The summed E-state index contributed by atoms with van der Waals surface area (Å²) in [7, 11) is -4.24. The van der Waals surface area contributed by atoms with Gasteiger partial charge in [-0.25, -0.2) is 4.57 Å². The molecule has 8 aliphatic carbocycles. The maximum atomic E-state index is 12.6. The zero-order valence-corrected chi connectivity index (χ0v) is 33.1. The monoisotopic (exact) mass is 746 g/mol. The first-order chi connectivity index (χ1) is 25.4. The van der Waals surface area contributed by atoms with Gasteiger partial charge in [0.1, 0.15) is 12.7 Å². The van der Waals surface area contributed by atoms with Gasteiger partial charge in [0.05, 0.1) is 13.2 Å². The molecule has 15 unspecified atom stereocenters. The van der Waals surface area contributed by atoms with E-state index >= 15 is 0 Å². The van der Waals surface area contributed by atoms with E-state index in [9.17, 15) is 14.3 Å². The third-order valence-corrected chi connectivity index (χ3v) is 17.8. The number of carbonyl (C=O) groups excluding carboxylic acids is 1. The van der Waals surface area contributed by atoms with Gasteiger partial charge >= 0.3 is 13.8 Å². The van der Waals surface area contributed by atoms with Crippen LogP contribution in [0.1, 0.15) is 141 Å². The molecule has 296 valence electrons. The Labute approximate surface area is 314 Å². The van der Waals surface area contributed by atoms with Gasteiger partial charge in [-0.15, -0.1) is 0 Å². The van der Waals surface area contributed by atoms with E-state index in [1.165, 1.54) is 89.9 Å². The molecule has 0 heterocycles. The van der Waals surface area contributed by atoms with Crippen LogP contribution < -0.4 is 5.73 Å². The van der Waals surface area contributed by atoms with Crippen LogP contribution >= 0.6 is 7.82 Å². The number of fused-ring (bicyclic) bond motifs is 14. The minimum Gasteiger partial charge on any atom is -0.463 e. The minimum absolute atomic E-state index is 0.00970. The van der Waals surface area contributed by atoms with Crippen molar-refractivity contribution < 1.29 is 32.8 Å². The number of unbranched alkanes of at least 4 members (excludes halogenated alkanes) is 7. The number of hydrogen-bond donors (Lipinski definition) is 2. The first-order valence-electron chi connectivity index (χ1n) is 22.5.